The van der Waals surface area contributed by atoms with Crippen LogP contribution in [0.25, 0.3) is 16.0 Å². The fourth-order valence-corrected chi connectivity index (χ4v) is 10.3. The van der Waals surface area contributed by atoms with Crippen LogP contribution in [0.15, 0.2) is 60.8 Å². The number of anilines is 2. The maximum atomic E-state index is 14.8. The normalized spacial score (nSPS) is 18.5. The number of carbonyl (C=O) groups is 5. The number of nitrogens with two attached hydrogens (primary N) is 1. The van der Waals surface area contributed by atoms with Crippen LogP contribution in [0.4, 0.5) is 21.7 Å². The first-order chi connectivity index (χ1) is 36.8. The van der Waals surface area contributed by atoms with Gasteiger partial charge in [-0.2, -0.15) is 4.68 Å². The van der Waals surface area contributed by atoms with Crippen molar-refractivity contribution in [3.63, 3.8) is 0 Å². The predicted octanol–water partition coefficient (Wildman–Crippen LogP) is 4.99. The summed E-state index contributed by atoms with van der Waals surface area (Å²) in [5.74, 6) is -1.27. The highest BCUT2D eigenvalue weighted by Crippen LogP contribution is 2.44. The van der Waals surface area contributed by atoms with E-state index in [0.717, 1.165) is 12.0 Å². The Morgan fingerprint density at radius 3 is 2.48 bits per heavy atom. The van der Waals surface area contributed by atoms with E-state index in [2.05, 4.69) is 36.0 Å². The first-order valence-electron chi connectivity index (χ1n) is 26.7. The van der Waals surface area contributed by atoms with Crippen LogP contribution in [0.2, 0.25) is 0 Å². The Hall–Kier alpha value is -6.99. The van der Waals surface area contributed by atoms with E-state index >= 15 is 0 Å². The van der Waals surface area contributed by atoms with Gasteiger partial charge >= 0.3 is 0 Å². The van der Waals surface area contributed by atoms with Crippen LogP contribution in [-0.2, 0) is 41.7 Å². The summed E-state index contributed by atoms with van der Waals surface area (Å²) in [6.45, 7) is 20.5. The third-order valence-electron chi connectivity index (χ3n) is 14.8. The zero-order valence-electron chi connectivity index (χ0n) is 45.7. The number of benzene rings is 2. The van der Waals surface area contributed by atoms with Crippen LogP contribution in [0, 0.1) is 17.8 Å². The Bertz CT molecular complexity index is 2780. The van der Waals surface area contributed by atoms with Crippen molar-refractivity contribution in [2.75, 3.05) is 84.4 Å². The molecule has 3 aliphatic rings. The quantitative estimate of drug-likeness (QED) is 0.0549. The van der Waals surface area contributed by atoms with Gasteiger partial charge in [0.1, 0.15) is 36.0 Å². The van der Waals surface area contributed by atoms with Gasteiger partial charge in [-0.25, -0.2) is 9.37 Å². The van der Waals surface area contributed by atoms with Crippen LogP contribution in [0.1, 0.15) is 106 Å². The van der Waals surface area contributed by atoms with Gasteiger partial charge in [0.15, 0.2) is 0 Å². The maximum Gasteiger partial charge on any atom is 0.260 e. The van der Waals surface area contributed by atoms with E-state index in [0.29, 0.717) is 72.6 Å². The molecule has 77 heavy (non-hydrogen) atoms. The van der Waals surface area contributed by atoms with Crippen molar-refractivity contribution >= 4 is 46.9 Å². The van der Waals surface area contributed by atoms with Crippen molar-refractivity contribution in [1.29, 1.82) is 0 Å². The van der Waals surface area contributed by atoms with Gasteiger partial charge in [-0.05, 0) is 86.0 Å². The number of nitrogens with zero attached hydrogens (tertiary/aromatic N) is 8. The molecule has 2 fully saturated rings. The summed E-state index contributed by atoms with van der Waals surface area (Å²) in [6, 6.07) is 12.9. The number of rotatable bonds is 21. The van der Waals surface area contributed by atoms with E-state index in [1.54, 1.807) is 48.7 Å². The Balaban J connectivity index is 0.896. The third kappa shape index (κ3) is 13.8. The highest BCUT2D eigenvalue weighted by Gasteiger charge is 2.45. The molecule has 5 heterocycles. The Labute approximate surface area is 451 Å². The molecular formula is C56H76FN13O7. The number of nitrogen functional groups attached to an aromatic ring is 1. The second kappa shape index (κ2) is 25.9. The lowest BCUT2D eigenvalue weighted by atomic mass is 9.85. The summed E-state index contributed by atoms with van der Waals surface area (Å²) in [7, 11) is 5.02. The van der Waals surface area contributed by atoms with Crippen LogP contribution >= 0.6 is 0 Å². The summed E-state index contributed by atoms with van der Waals surface area (Å²) in [5, 5.41) is 17.3. The van der Waals surface area contributed by atoms with E-state index < -0.39 is 29.4 Å². The molecule has 0 saturated carbocycles. The minimum absolute atomic E-state index is 0.0523. The molecule has 0 aliphatic carbocycles. The monoisotopic (exact) mass is 1060 g/mol. The molecule has 6 N–H and O–H groups in total. The molecule has 5 amide bonds. The van der Waals surface area contributed by atoms with Gasteiger partial charge in [-0.15, -0.1) is 5.10 Å². The predicted molar refractivity (Wildman–Crippen MR) is 291 cm³/mol. The van der Waals surface area contributed by atoms with Crippen LogP contribution in [0.3, 0.4) is 0 Å². The summed E-state index contributed by atoms with van der Waals surface area (Å²) in [4.78, 5) is 84.0. The third-order valence-corrected chi connectivity index (χ3v) is 14.8. The number of likely N-dealkylation sites (tertiary alicyclic amines) is 1. The number of ether oxygens (including phenoxy) is 2. The lowest BCUT2D eigenvalue weighted by molar-refractivity contribution is -0.144. The minimum atomic E-state index is -0.873. The number of aromatic nitrogens is 3. The lowest BCUT2D eigenvalue weighted by Gasteiger charge is -2.36. The number of halogens is 1. The summed E-state index contributed by atoms with van der Waals surface area (Å²) in [5.41, 5.74) is 10.0. The Kier molecular flexibility index (Phi) is 19.4. The summed E-state index contributed by atoms with van der Waals surface area (Å²) < 4.78 is 27.9. The van der Waals surface area contributed by atoms with Crippen LogP contribution < -0.4 is 31.9 Å². The van der Waals surface area contributed by atoms with E-state index in [4.69, 9.17) is 26.9 Å². The molecule has 20 nitrogen and oxygen atoms in total. The number of pyridine rings is 1. The number of amides is 5. The lowest BCUT2D eigenvalue weighted by Crippen LogP contribution is -2.59. The first kappa shape index (κ1) is 57.7. The molecule has 0 spiro atoms. The Morgan fingerprint density at radius 2 is 1.78 bits per heavy atom. The molecule has 0 radical (unpaired) electrons. The molecule has 2 saturated heterocycles. The minimum Gasteiger partial charge on any atom is -0.382 e. The standard InChI is InChI=1S/C56H76FN13O7/c1-10-42(36-15-12-11-13-16-36)63-53(73)46-31-39(33-69(46)55(75)49(56(3,4)5)64-52(72)35(2)59-6)61-21-26-77-28-27-76-25-20-47(71)66(8)23-24-70-51(60-7)48-37-29-45(50(58)62-32-37)68-22-14-17-44(68)41-30-38(57)18-19-40(41)54(74)67(9)34-43(48)65-70/h11-13,15-16,18-19,29-30,32,35,39,42,44,46,49,59,61H,10,14,17,20-28,31,33-34H2,1-6,8-9H3,(H2,58,62)(H,63,73)(H,64,72)/t35-,39-,42+,44-,46-,49+/m1/s1. The fraction of sp³-hybridized carbons (Fsp3) is 0.536. The second-order valence-corrected chi connectivity index (χ2v) is 21.2. The van der Waals surface area contributed by atoms with Crippen molar-refractivity contribution in [3.05, 3.63) is 100 Å². The molecule has 7 rings (SSSR count). The van der Waals surface area contributed by atoms with Crippen LogP contribution in [0.5, 0.6) is 0 Å². The zero-order valence-corrected chi connectivity index (χ0v) is 45.7. The molecule has 21 heteroatoms. The van der Waals surface area contributed by atoms with Gasteiger partial charge in [0.25, 0.3) is 11.7 Å². The van der Waals surface area contributed by atoms with Crippen molar-refractivity contribution in [2.24, 2.45) is 5.41 Å². The molecule has 3 aliphatic heterocycles. The van der Waals surface area contributed by atoms with Crippen LogP contribution in [-0.4, -0.2) is 157 Å². The van der Waals surface area contributed by atoms with Gasteiger partial charge in [-0.3, -0.25) is 24.0 Å². The van der Waals surface area contributed by atoms with E-state index in [-0.39, 0.29) is 112 Å². The van der Waals surface area contributed by atoms with Gasteiger partial charge in [-0.1, -0.05) is 64.6 Å². The Morgan fingerprint density at radius 1 is 1.04 bits per heavy atom. The van der Waals surface area contributed by atoms with E-state index in [9.17, 15) is 28.4 Å². The first-order valence-corrected chi connectivity index (χ1v) is 26.7. The molecule has 4 aromatic rings. The summed E-state index contributed by atoms with van der Waals surface area (Å²) >= 11 is 0. The van der Waals surface area contributed by atoms with Crippen molar-refractivity contribution in [1.82, 2.24) is 50.7 Å². The maximum absolute atomic E-state index is 14.8. The number of fused-ring (bicyclic) bond motifs is 8. The fourth-order valence-electron chi connectivity index (χ4n) is 10.3. The molecule has 414 valence electrons. The molecule has 2 aromatic heterocycles. The zero-order chi connectivity index (χ0) is 55.6. The van der Waals surface area contributed by atoms with Crippen molar-refractivity contribution in [3.8, 4) is 11.1 Å². The second-order valence-electron chi connectivity index (χ2n) is 21.2. The van der Waals surface area contributed by atoms with Gasteiger partial charge in [0.05, 0.1) is 69.8 Å². The molecule has 6 atom stereocenters. The largest absolute Gasteiger partial charge is 0.382 e. The molecular weight excluding hydrogens is 986 g/mol. The SMILES string of the molecule is [C-]#[N+]c1c2c(nn1CCN(C)C(=O)CCOCCOCCN[C@@H]1C[C@H](C(=O)N[C@@H](CC)c3ccccc3)N(C(=O)[C@H](NC(=O)[C@@H](C)NC)C(C)(C)C)C1)CN(C)C(=O)c1ccc(F)cc1[C@H]1CCCN1c1cc-2cnc1N. The van der Waals surface area contributed by atoms with Crippen molar-refractivity contribution < 1.29 is 37.8 Å². The summed E-state index contributed by atoms with van der Waals surface area (Å²) in [6.07, 6.45) is 4.24. The average molecular weight is 1060 g/mol. The highest BCUT2D eigenvalue weighted by molar-refractivity contribution is 5.97. The van der Waals surface area contributed by atoms with Gasteiger partial charge in [0, 0.05) is 57.1 Å². The van der Waals surface area contributed by atoms with Crippen molar-refractivity contribution in [2.45, 2.75) is 116 Å². The molecule has 0 unspecified atom stereocenters. The smallest absolute Gasteiger partial charge is 0.260 e. The number of likely N-dealkylation sites (N-methyl/N-ethyl adjacent to an activating group) is 2. The number of hydrogen-bond donors (Lipinski definition) is 5. The topological polar surface area (TPSA) is 226 Å². The molecule has 2 aromatic carbocycles. The van der Waals surface area contributed by atoms with Gasteiger partial charge in [0.2, 0.25) is 23.6 Å². The number of nitrogens with one attached hydrogen (secondary N) is 4. The van der Waals surface area contributed by atoms with E-state index in [1.165, 1.54) is 23.1 Å². The average Bonchev–Trinajstić information content (AvgIpc) is 4.18. The van der Waals surface area contributed by atoms with Gasteiger partial charge < -0.3 is 60.9 Å². The number of hydrogen-bond acceptors (Lipinski definition) is 13. The number of carbonyl (C=O) groups excluding carboxylic acids is 5. The van der Waals surface area contributed by atoms with E-state index in [1.807, 2.05) is 64.1 Å². The highest BCUT2D eigenvalue weighted by atomic mass is 19.1. The molecule has 2 bridgehead atoms.